The van der Waals surface area contributed by atoms with E-state index in [9.17, 15) is 0 Å². The van der Waals surface area contributed by atoms with E-state index in [-0.39, 0.29) is 0 Å². The van der Waals surface area contributed by atoms with E-state index in [4.69, 9.17) is 11.6 Å². The third-order valence-electron chi connectivity index (χ3n) is 2.43. The molecule has 1 heterocycles. The predicted molar refractivity (Wildman–Crippen MR) is 61.0 cm³/mol. The summed E-state index contributed by atoms with van der Waals surface area (Å²) >= 11 is 8.16. The Morgan fingerprint density at radius 1 is 1.46 bits per heavy atom. The van der Waals surface area contributed by atoms with Crippen LogP contribution in [0.2, 0.25) is 5.15 Å². The molecule has 0 amide bonds. The first-order valence-corrected chi connectivity index (χ1v) is 5.74. The maximum Gasteiger partial charge on any atom is 0.146 e. The molecule has 1 aromatic rings. The van der Waals surface area contributed by atoms with Crippen LogP contribution in [0.5, 0.6) is 0 Å². The van der Waals surface area contributed by atoms with Gasteiger partial charge in [0.2, 0.25) is 0 Å². The zero-order chi connectivity index (χ0) is 9.59. The Labute approximate surface area is 96.3 Å². The molecule has 0 saturated heterocycles. The van der Waals surface area contributed by atoms with Crippen molar-refractivity contribution in [2.24, 2.45) is 5.92 Å². The molecular weight excluding hydrogens is 298 g/mol. The number of halogens is 2. The van der Waals surface area contributed by atoms with Gasteiger partial charge in [-0.1, -0.05) is 18.5 Å². The number of aromatic nitrogens is 2. The highest BCUT2D eigenvalue weighted by atomic mass is 127. The standard InChI is InChI=1S/C9H10ClIN2/c1-4-3-6(4)9-12-5(2)7(11)8(10)13-9/h4,6H,3H2,1-2H3. The van der Waals surface area contributed by atoms with Gasteiger partial charge in [0.25, 0.3) is 0 Å². The quantitative estimate of drug-likeness (QED) is 0.588. The molecule has 0 aliphatic heterocycles. The third-order valence-corrected chi connectivity index (χ3v) is 4.32. The van der Waals surface area contributed by atoms with E-state index in [1.165, 1.54) is 6.42 Å². The van der Waals surface area contributed by atoms with Crippen molar-refractivity contribution in [2.45, 2.75) is 26.2 Å². The van der Waals surface area contributed by atoms with Crippen molar-refractivity contribution < 1.29 is 0 Å². The summed E-state index contributed by atoms with van der Waals surface area (Å²) in [5.74, 6) is 2.21. The van der Waals surface area contributed by atoms with Gasteiger partial charge in [-0.3, -0.25) is 0 Å². The Morgan fingerprint density at radius 2 is 2.08 bits per heavy atom. The van der Waals surface area contributed by atoms with Crippen LogP contribution in [0.15, 0.2) is 0 Å². The molecule has 0 bridgehead atoms. The zero-order valence-corrected chi connectivity index (χ0v) is 10.4. The maximum absolute atomic E-state index is 5.98. The summed E-state index contributed by atoms with van der Waals surface area (Å²) in [6.45, 7) is 4.20. The number of hydrogen-bond acceptors (Lipinski definition) is 2. The van der Waals surface area contributed by atoms with Crippen LogP contribution in [0.25, 0.3) is 0 Å². The van der Waals surface area contributed by atoms with Gasteiger partial charge in [0.05, 0.1) is 9.26 Å². The fraction of sp³-hybridized carbons (Fsp3) is 0.556. The van der Waals surface area contributed by atoms with Gasteiger partial charge in [0.1, 0.15) is 11.0 Å². The van der Waals surface area contributed by atoms with E-state index < -0.39 is 0 Å². The summed E-state index contributed by atoms with van der Waals surface area (Å²) in [5, 5.41) is 0.599. The molecule has 0 N–H and O–H groups in total. The summed E-state index contributed by atoms with van der Waals surface area (Å²) in [7, 11) is 0. The topological polar surface area (TPSA) is 25.8 Å². The molecule has 1 aliphatic rings. The van der Waals surface area contributed by atoms with Crippen molar-refractivity contribution in [3.8, 4) is 0 Å². The van der Waals surface area contributed by atoms with Gasteiger partial charge in [-0.2, -0.15) is 0 Å². The van der Waals surface area contributed by atoms with Crippen LogP contribution in [-0.2, 0) is 0 Å². The molecule has 13 heavy (non-hydrogen) atoms. The molecule has 1 fully saturated rings. The average Bonchev–Trinajstić information content (AvgIpc) is 2.77. The fourth-order valence-electron chi connectivity index (χ4n) is 1.39. The maximum atomic E-state index is 5.98. The van der Waals surface area contributed by atoms with Gasteiger partial charge in [0, 0.05) is 5.92 Å². The molecule has 4 heteroatoms. The van der Waals surface area contributed by atoms with Crippen LogP contribution in [0.1, 0.15) is 30.8 Å². The summed E-state index contributed by atoms with van der Waals surface area (Å²) in [4.78, 5) is 8.74. The normalized spacial score (nSPS) is 26.2. The Bertz CT molecular complexity index is 330. The lowest BCUT2D eigenvalue weighted by molar-refractivity contribution is 0.829. The number of aryl methyl sites for hydroxylation is 1. The van der Waals surface area contributed by atoms with Gasteiger partial charge in [-0.25, -0.2) is 9.97 Å². The number of nitrogens with zero attached hydrogens (tertiary/aromatic N) is 2. The Morgan fingerprint density at radius 3 is 2.54 bits per heavy atom. The minimum absolute atomic E-state index is 0.549. The van der Waals surface area contributed by atoms with Crippen molar-refractivity contribution in [2.75, 3.05) is 0 Å². The first-order chi connectivity index (χ1) is 6.09. The molecule has 0 aromatic carbocycles. The van der Waals surface area contributed by atoms with Crippen LogP contribution in [0, 0.1) is 16.4 Å². The number of hydrogen-bond donors (Lipinski definition) is 0. The molecule has 70 valence electrons. The molecular formula is C9H10ClIN2. The summed E-state index contributed by atoms with van der Waals surface area (Å²) in [5.41, 5.74) is 0.995. The first-order valence-electron chi connectivity index (χ1n) is 4.29. The second kappa shape index (κ2) is 3.35. The minimum Gasteiger partial charge on any atom is -0.237 e. The molecule has 1 aliphatic carbocycles. The summed E-state index contributed by atoms with van der Waals surface area (Å²) in [6.07, 6.45) is 1.20. The van der Waals surface area contributed by atoms with Gasteiger partial charge >= 0.3 is 0 Å². The smallest absolute Gasteiger partial charge is 0.146 e. The third kappa shape index (κ3) is 1.81. The fourth-order valence-corrected chi connectivity index (χ4v) is 1.86. The monoisotopic (exact) mass is 308 g/mol. The molecule has 2 nitrogen and oxygen atoms in total. The second-order valence-electron chi connectivity index (χ2n) is 3.59. The largest absolute Gasteiger partial charge is 0.237 e. The minimum atomic E-state index is 0.549. The van der Waals surface area contributed by atoms with E-state index in [0.29, 0.717) is 11.1 Å². The van der Waals surface area contributed by atoms with E-state index in [0.717, 1.165) is 21.0 Å². The molecule has 0 radical (unpaired) electrons. The lowest BCUT2D eigenvalue weighted by Gasteiger charge is -2.03. The van der Waals surface area contributed by atoms with Crippen molar-refractivity contribution >= 4 is 34.2 Å². The molecule has 1 aromatic heterocycles. The van der Waals surface area contributed by atoms with Crippen LogP contribution in [-0.4, -0.2) is 9.97 Å². The molecule has 2 unspecified atom stereocenters. The van der Waals surface area contributed by atoms with E-state index >= 15 is 0 Å². The lowest BCUT2D eigenvalue weighted by atomic mass is 10.3. The Hall–Kier alpha value is 0.100. The van der Waals surface area contributed by atoms with Gasteiger partial charge < -0.3 is 0 Å². The van der Waals surface area contributed by atoms with Crippen LogP contribution in [0.4, 0.5) is 0 Å². The number of rotatable bonds is 1. The van der Waals surface area contributed by atoms with Crippen molar-refractivity contribution in [3.63, 3.8) is 0 Å². The van der Waals surface area contributed by atoms with Crippen molar-refractivity contribution in [1.29, 1.82) is 0 Å². The second-order valence-corrected chi connectivity index (χ2v) is 5.03. The lowest BCUT2D eigenvalue weighted by Crippen LogP contribution is -1.99. The van der Waals surface area contributed by atoms with Crippen LogP contribution < -0.4 is 0 Å². The van der Waals surface area contributed by atoms with Gasteiger partial charge in [-0.15, -0.1) is 0 Å². The van der Waals surface area contributed by atoms with E-state index in [2.05, 4.69) is 39.5 Å². The average molecular weight is 309 g/mol. The molecule has 0 spiro atoms. The predicted octanol–water partition coefficient (Wildman–Crippen LogP) is 3.17. The van der Waals surface area contributed by atoms with Crippen LogP contribution >= 0.6 is 34.2 Å². The highest BCUT2D eigenvalue weighted by Gasteiger charge is 2.37. The Kier molecular flexibility index (Phi) is 2.49. The zero-order valence-electron chi connectivity index (χ0n) is 7.51. The first kappa shape index (κ1) is 9.65. The molecule has 2 atom stereocenters. The van der Waals surface area contributed by atoms with Gasteiger partial charge in [0.15, 0.2) is 0 Å². The van der Waals surface area contributed by atoms with E-state index in [1.807, 2.05) is 6.92 Å². The molecule has 1 saturated carbocycles. The summed E-state index contributed by atoms with van der Waals surface area (Å²) in [6, 6.07) is 0. The SMILES string of the molecule is Cc1nc(C2CC2C)nc(Cl)c1I. The van der Waals surface area contributed by atoms with E-state index in [1.54, 1.807) is 0 Å². The van der Waals surface area contributed by atoms with Crippen LogP contribution in [0.3, 0.4) is 0 Å². The summed E-state index contributed by atoms with van der Waals surface area (Å²) < 4.78 is 0.969. The Balaban J connectivity index is 2.39. The molecule has 2 rings (SSSR count). The van der Waals surface area contributed by atoms with Gasteiger partial charge in [-0.05, 0) is 41.9 Å². The highest BCUT2D eigenvalue weighted by molar-refractivity contribution is 14.1. The highest BCUT2D eigenvalue weighted by Crippen LogP contribution is 2.45. The van der Waals surface area contributed by atoms with Crippen molar-refractivity contribution in [3.05, 3.63) is 20.2 Å². The van der Waals surface area contributed by atoms with Crippen molar-refractivity contribution in [1.82, 2.24) is 9.97 Å².